The van der Waals surface area contributed by atoms with Crippen LogP contribution in [-0.2, 0) is 25.8 Å². The molecule has 0 saturated carbocycles. The quantitative estimate of drug-likeness (QED) is 0.225. The van der Waals surface area contributed by atoms with Crippen LogP contribution in [0.5, 0.6) is 0 Å². The summed E-state index contributed by atoms with van der Waals surface area (Å²) in [6, 6.07) is 10.7. The molecule has 2 heterocycles. The zero-order valence-corrected chi connectivity index (χ0v) is 23.7. The number of aromatic nitrogens is 1. The molecule has 3 amide bonds. The van der Waals surface area contributed by atoms with E-state index in [9.17, 15) is 23.2 Å². The van der Waals surface area contributed by atoms with Gasteiger partial charge in [-0.3, -0.25) is 24.2 Å². The van der Waals surface area contributed by atoms with Crippen molar-refractivity contribution in [2.75, 3.05) is 37.8 Å². The Bertz CT molecular complexity index is 1390. The molecular weight excluding hydrogens is 574 g/mol. The minimum Gasteiger partial charge on any atom is -0.354 e. The lowest BCUT2D eigenvalue weighted by atomic mass is 10.1. The van der Waals surface area contributed by atoms with E-state index in [1.165, 1.54) is 48.3 Å². The number of anilines is 1. The molecule has 2 N–H and O–H groups in total. The fourth-order valence-corrected chi connectivity index (χ4v) is 4.66. The summed E-state index contributed by atoms with van der Waals surface area (Å²) >= 11 is 6.09. The van der Waals surface area contributed by atoms with Crippen molar-refractivity contribution in [1.29, 1.82) is 0 Å². The molecule has 2 aromatic carbocycles. The normalized spacial score (nSPS) is 14.0. The number of hydroxylamine groups is 1. The van der Waals surface area contributed by atoms with Crippen molar-refractivity contribution in [3.8, 4) is 11.3 Å². The summed E-state index contributed by atoms with van der Waals surface area (Å²) in [4.78, 5) is 45.0. The van der Waals surface area contributed by atoms with Gasteiger partial charge in [0.05, 0.1) is 17.7 Å². The van der Waals surface area contributed by atoms with Gasteiger partial charge in [-0.15, -0.1) is 0 Å². The summed E-state index contributed by atoms with van der Waals surface area (Å²) in [5, 5.41) is 9.04. The van der Waals surface area contributed by atoms with Crippen molar-refractivity contribution in [2.45, 2.75) is 32.4 Å². The maximum atomic E-state index is 14.0. The number of hydrogen-bond donors (Lipinski definition) is 2. The number of halogens is 3. The van der Waals surface area contributed by atoms with Gasteiger partial charge < -0.3 is 14.7 Å². The second-order valence-corrected chi connectivity index (χ2v) is 9.92. The monoisotopic (exact) mass is 604 g/mol. The van der Waals surface area contributed by atoms with Crippen LogP contribution in [0.25, 0.3) is 11.3 Å². The summed E-state index contributed by atoms with van der Waals surface area (Å²) in [5.41, 5.74) is 3.79. The zero-order chi connectivity index (χ0) is 30.1. The van der Waals surface area contributed by atoms with E-state index in [1.807, 2.05) is 0 Å². The van der Waals surface area contributed by atoms with E-state index in [2.05, 4.69) is 15.9 Å². The molecule has 3 aromatic rings. The molecule has 14 heteroatoms. The average molecular weight is 605 g/mol. The van der Waals surface area contributed by atoms with Gasteiger partial charge >= 0.3 is 0 Å². The third kappa shape index (κ3) is 8.10. The number of nitrogens with zero attached hydrogens (tertiary/aromatic N) is 4. The van der Waals surface area contributed by atoms with Gasteiger partial charge in [0.1, 0.15) is 11.6 Å². The molecule has 42 heavy (non-hydrogen) atoms. The van der Waals surface area contributed by atoms with Crippen LogP contribution in [0.2, 0.25) is 5.02 Å². The van der Waals surface area contributed by atoms with Crippen LogP contribution in [0.15, 0.2) is 53.1 Å². The van der Waals surface area contributed by atoms with Crippen LogP contribution in [0.4, 0.5) is 14.6 Å². The molecule has 0 bridgehead atoms. The lowest BCUT2D eigenvalue weighted by Gasteiger charge is -2.33. The highest BCUT2D eigenvalue weighted by Crippen LogP contribution is 2.25. The van der Waals surface area contributed by atoms with Crippen LogP contribution in [0.3, 0.4) is 0 Å². The average Bonchev–Trinajstić information content (AvgIpc) is 3.48. The molecule has 1 aromatic heterocycles. The molecule has 0 aliphatic carbocycles. The van der Waals surface area contributed by atoms with E-state index in [0.29, 0.717) is 43.7 Å². The summed E-state index contributed by atoms with van der Waals surface area (Å²) < 4.78 is 32.9. The van der Waals surface area contributed by atoms with Crippen LogP contribution < -0.4 is 15.8 Å². The Morgan fingerprint density at radius 1 is 1.21 bits per heavy atom. The van der Waals surface area contributed by atoms with E-state index in [1.54, 1.807) is 17.0 Å². The number of benzene rings is 2. The highest BCUT2D eigenvalue weighted by atomic mass is 35.5. The molecule has 0 radical (unpaired) electrons. The van der Waals surface area contributed by atoms with Gasteiger partial charge in [0.15, 0.2) is 5.76 Å². The molecular formula is C28H31ClF2N6O5. The van der Waals surface area contributed by atoms with Crippen LogP contribution >= 0.6 is 11.6 Å². The number of hydrogen-bond acceptors (Lipinski definition) is 8. The summed E-state index contributed by atoms with van der Waals surface area (Å²) in [5.74, 6) is -1.35. The first-order valence-corrected chi connectivity index (χ1v) is 13.7. The van der Waals surface area contributed by atoms with Crippen molar-refractivity contribution in [1.82, 2.24) is 25.8 Å². The first-order chi connectivity index (χ1) is 20.3. The number of nitrogens with one attached hydrogen (secondary N) is 2. The van der Waals surface area contributed by atoms with E-state index in [0.717, 1.165) is 5.06 Å². The van der Waals surface area contributed by atoms with Gasteiger partial charge in [-0.25, -0.2) is 14.2 Å². The first-order valence-electron chi connectivity index (χ1n) is 13.3. The Balaban J connectivity index is 1.49. The Hall–Kier alpha value is -3.91. The SMILES string of the molecule is CC(=O)N(NCc1cccc(F)c1Cl)[C@@H](CCC(=O)N1CCNCC1)CON(C=O)c1cc(-c2cccc(F)c2)on1. The first kappa shape index (κ1) is 31.0. The van der Waals surface area contributed by atoms with Gasteiger partial charge in [0.25, 0.3) is 0 Å². The number of carbonyl (C=O) groups is 3. The van der Waals surface area contributed by atoms with Crippen molar-refractivity contribution in [3.63, 3.8) is 0 Å². The lowest BCUT2D eigenvalue weighted by molar-refractivity contribution is -0.140. The third-order valence-corrected chi connectivity index (χ3v) is 7.09. The van der Waals surface area contributed by atoms with Gasteiger partial charge in [-0.05, 0) is 30.2 Å². The minimum absolute atomic E-state index is 0.00576. The summed E-state index contributed by atoms with van der Waals surface area (Å²) in [6.07, 6.45) is 0.662. The number of rotatable bonds is 13. The van der Waals surface area contributed by atoms with Crippen LogP contribution in [-0.4, -0.2) is 72.1 Å². The van der Waals surface area contributed by atoms with Gasteiger partial charge in [-0.1, -0.05) is 41.0 Å². The predicted octanol–water partition coefficient (Wildman–Crippen LogP) is 3.30. The topological polar surface area (TPSA) is 120 Å². The fraction of sp³-hybridized carbons (Fsp3) is 0.357. The van der Waals surface area contributed by atoms with Crippen molar-refractivity contribution >= 4 is 35.6 Å². The lowest BCUT2D eigenvalue weighted by Crippen LogP contribution is -2.52. The van der Waals surface area contributed by atoms with Gasteiger partial charge in [-0.2, -0.15) is 5.06 Å². The Morgan fingerprint density at radius 3 is 2.69 bits per heavy atom. The highest BCUT2D eigenvalue weighted by Gasteiger charge is 2.27. The van der Waals surface area contributed by atoms with Crippen LogP contribution in [0, 0.1) is 11.6 Å². The Morgan fingerprint density at radius 2 is 1.98 bits per heavy atom. The summed E-state index contributed by atoms with van der Waals surface area (Å²) in [7, 11) is 0. The minimum atomic E-state index is -0.737. The van der Waals surface area contributed by atoms with Crippen LogP contribution in [0.1, 0.15) is 25.3 Å². The molecule has 1 atom stereocenters. The van der Waals surface area contributed by atoms with E-state index < -0.39 is 23.6 Å². The summed E-state index contributed by atoms with van der Waals surface area (Å²) in [6.45, 7) is 3.65. The second-order valence-electron chi connectivity index (χ2n) is 9.55. The Kier molecular flexibility index (Phi) is 11.0. The smallest absolute Gasteiger partial charge is 0.239 e. The molecule has 0 spiro atoms. The molecule has 1 aliphatic rings. The number of amides is 3. The van der Waals surface area contributed by atoms with E-state index >= 15 is 0 Å². The van der Waals surface area contributed by atoms with Gasteiger partial charge in [0, 0.05) is 57.7 Å². The maximum absolute atomic E-state index is 14.0. The standard InChI is InChI=1S/C28H31ClF2N6O5/c1-19(39)37(33-16-21-5-3-7-24(31)28(21)29)23(8-9-27(40)35-12-10-32-11-13-35)17-41-36(18-38)26-15-25(42-34-26)20-4-2-6-22(30)14-20/h2-7,14-15,18,23,32-33H,8-13,16-17H2,1H3/t23-/m0/s1. The number of hydrazine groups is 1. The molecule has 0 unspecified atom stereocenters. The number of carbonyl (C=O) groups excluding carboxylic acids is 3. The predicted molar refractivity (Wildman–Crippen MR) is 150 cm³/mol. The molecule has 1 fully saturated rings. The molecule has 1 saturated heterocycles. The second kappa shape index (κ2) is 14.8. The molecule has 11 nitrogen and oxygen atoms in total. The Labute approximate surface area is 246 Å². The third-order valence-electron chi connectivity index (χ3n) is 6.67. The molecule has 4 rings (SSSR count). The molecule has 1 aliphatic heterocycles. The molecule has 224 valence electrons. The van der Waals surface area contributed by atoms with Gasteiger partial charge in [0.2, 0.25) is 24.0 Å². The van der Waals surface area contributed by atoms with E-state index in [4.69, 9.17) is 21.0 Å². The zero-order valence-electron chi connectivity index (χ0n) is 22.9. The van der Waals surface area contributed by atoms with Crippen molar-refractivity contribution in [2.24, 2.45) is 0 Å². The number of piperazine rings is 1. The highest BCUT2D eigenvalue weighted by molar-refractivity contribution is 6.31. The van der Waals surface area contributed by atoms with E-state index in [-0.39, 0.29) is 48.5 Å². The van der Waals surface area contributed by atoms with Crippen molar-refractivity contribution < 1.29 is 32.5 Å². The maximum Gasteiger partial charge on any atom is 0.239 e. The largest absolute Gasteiger partial charge is 0.354 e. The van der Waals surface area contributed by atoms with Crippen molar-refractivity contribution in [3.05, 3.63) is 70.8 Å². The fourth-order valence-electron chi connectivity index (χ4n) is 4.47.